The van der Waals surface area contributed by atoms with Gasteiger partial charge in [-0.3, -0.25) is 0 Å². The van der Waals surface area contributed by atoms with Gasteiger partial charge in [-0.1, -0.05) is 15.9 Å². The Kier molecular flexibility index (Phi) is 7.48. The van der Waals surface area contributed by atoms with Crippen molar-refractivity contribution < 1.29 is 10.2 Å². The predicted molar refractivity (Wildman–Crippen MR) is 77.2 cm³/mol. The third-order valence-corrected chi connectivity index (χ3v) is 4.11. The molecule has 3 nitrogen and oxygen atoms in total. The topological polar surface area (TPSA) is 66.5 Å². The maximum Gasteiger partial charge on any atom is 0.144 e. The van der Waals surface area contributed by atoms with Crippen molar-refractivity contribution in [2.45, 2.75) is 12.5 Å². The Bertz CT molecular complexity index is 376. The fraction of sp³-hybridized carbons (Fsp3) is 0.333. The Hall–Kier alpha value is 0.670. The lowest BCUT2D eigenvalue weighted by molar-refractivity contribution is 0.265. The summed E-state index contributed by atoms with van der Waals surface area (Å²) in [6, 6.07) is 1.41. The van der Waals surface area contributed by atoms with Crippen LogP contribution in [0.2, 0.25) is 0 Å². The summed E-state index contributed by atoms with van der Waals surface area (Å²) in [5.41, 5.74) is 6.49. The SMILES string of the molecule is Cl.NC(CO)Cc1c(Br)cc(Br)c(O)c1Br. The molecule has 0 heterocycles. The largest absolute Gasteiger partial charge is 0.506 e. The molecule has 1 aromatic carbocycles. The quantitative estimate of drug-likeness (QED) is 0.677. The molecule has 7 heteroatoms. The summed E-state index contributed by atoms with van der Waals surface area (Å²) in [6.07, 6.45) is 0.485. The number of nitrogens with two attached hydrogens (primary N) is 1. The number of aliphatic hydroxyl groups excluding tert-OH is 1. The Morgan fingerprint density at radius 1 is 1.25 bits per heavy atom. The van der Waals surface area contributed by atoms with E-state index in [-0.39, 0.29) is 30.8 Å². The fourth-order valence-corrected chi connectivity index (χ4v) is 3.58. The molecule has 0 aliphatic heterocycles. The molecule has 4 N–H and O–H groups in total. The average molecular weight is 440 g/mol. The van der Waals surface area contributed by atoms with Gasteiger partial charge in [0.2, 0.25) is 0 Å². The molecule has 0 saturated carbocycles. The molecular formula is C9H11Br3ClNO2. The van der Waals surface area contributed by atoms with E-state index in [2.05, 4.69) is 47.8 Å². The van der Waals surface area contributed by atoms with Crippen LogP contribution in [0.1, 0.15) is 5.56 Å². The van der Waals surface area contributed by atoms with Crippen molar-refractivity contribution in [3.63, 3.8) is 0 Å². The zero-order chi connectivity index (χ0) is 11.6. The summed E-state index contributed by atoms with van der Waals surface area (Å²) in [7, 11) is 0. The highest BCUT2D eigenvalue weighted by molar-refractivity contribution is 9.11. The second-order valence-corrected chi connectivity index (χ2v) is 5.63. The number of benzene rings is 1. The van der Waals surface area contributed by atoms with Crippen molar-refractivity contribution in [3.05, 3.63) is 25.0 Å². The van der Waals surface area contributed by atoms with Crippen molar-refractivity contribution in [1.82, 2.24) is 0 Å². The van der Waals surface area contributed by atoms with Gasteiger partial charge in [0.25, 0.3) is 0 Å². The minimum atomic E-state index is -0.335. The molecule has 0 aliphatic rings. The Balaban J connectivity index is 0.00000225. The van der Waals surface area contributed by atoms with E-state index in [1.165, 1.54) is 0 Å². The van der Waals surface area contributed by atoms with E-state index < -0.39 is 0 Å². The zero-order valence-electron chi connectivity index (χ0n) is 8.08. The highest BCUT2D eigenvalue weighted by Crippen LogP contribution is 2.39. The Morgan fingerprint density at radius 2 is 1.81 bits per heavy atom. The lowest BCUT2D eigenvalue weighted by atomic mass is 10.1. The van der Waals surface area contributed by atoms with Crippen molar-refractivity contribution in [3.8, 4) is 5.75 Å². The Labute approximate surface area is 125 Å². The highest BCUT2D eigenvalue weighted by atomic mass is 79.9. The summed E-state index contributed by atoms with van der Waals surface area (Å²) in [5, 5.41) is 18.6. The summed E-state index contributed by atoms with van der Waals surface area (Å²) in [5.74, 6) is 0.137. The van der Waals surface area contributed by atoms with Gasteiger partial charge < -0.3 is 15.9 Å². The molecule has 1 rings (SSSR count). The number of halogens is 4. The molecule has 0 fully saturated rings. The van der Waals surface area contributed by atoms with E-state index in [0.717, 1.165) is 10.0 Å². The molecule has 0 amide bonds. The van der Waals surface area contributed by atoms with Crippen LogP contribution in [0.4, 0.5) is 0 Å². The van der Waals surface area contributed by atoms with Crippen LogP contribution in [0, 0.1) is 0 Å². The third kappa shape index (κ3) is 3.85. The van der Waals surface area contributed by atoms with Gasteiger partial charge in [-0.15, -0.1) is 12.4 Å². The van der Waals surface area contributed by atoms with Gasteiger partial charge in [-0.05, 0) is 49.9 Å². The van der Waals surface area contributed by atoms with Gasteiger partial charge in [0, 0.05) is 10.5 Å². The van der Waals surface area contributed by atoms with Crippen LogP contribution in [-0.4, -0.2) is 22.9 Å². The second-order valence-electron chi connectivity index (χ2n) is 3.13. The van der Waals surface area contributed by atoms with Crippen LogP contribution in [0.5, 0.6) is 5.75 Å². The minimum Gasteiger partial charge on any atom is -0.506 e. The number of aliphatic hydroxyl groups is 1. The Morgan fingerprint density at radius 3 is 2.31 bits per heavy atom. The molecule has 1 atom stereocenters. The second kappa shape index (κ2) is 7.18. The molecule has 92 valence electrons. The lowest BCUT2D eigenvalue weighted by Gasteiger charge is -2.13. The molecule has 1 unspecified atom stereocenters. The molecule has 0 spiro atoms. The van der Waals surface area contributed by atoms with Crippen LogP contribution in [-0.2, 0) is 6.42 Å². The van der Waals surface area contributed by atoms with Crippen molar-refractivity contribution in [2.75, 3.05) is 6.61 Å². The monoisotopic (exact) mass is 437 g/mol. The molecule has 0 aliphatic carbocycles. The van der Waals surface area contributed by atoms with Crippen molar-refractivity contribution in [1.29, 1.82) is 0 Å². The molecule has 0 saturated heterocycles. The maximum absolute atomic E-state index is 9.68. The van der Waals surface area contributed by atoms with Gasteiger partial charge in [0.15, 0.2) is 0 Å². The van der Waals surface area contributed by atoms with Crippen LogP contribution in [0.25, 0.3) is 0 Å². The first-order valence-corrected chi connectivity index (χ1v) is 6.57. The molecule has 0 radical (unpaired) electrons. The zero-order valence-corrected chi connectivity index (χ0v) is 13.7. The smallest absolute Gasteiger partial charge is 0.144 e. The van der Waals surface area contributed by atoms with Crippen LogP contribution in [0.3, 0.4) is 0 Å². The number of phenols is 1. The van der Waals surface area contributed by atoms with Crippen molar-refractivity contribution >= 4 is 60.2 Å². The normalized spacial score (nSPS) is 12.1. The van der Waals surface area contributed by atoms with Crippen LogP contribution >= 0.6 is 60.2 Å². The van der Waals surface area contributed by atoms with E-state index >= 15 is 0 Å². The molecule has 0 aromatic heterocycles. The van der Waals surface area contributed by atoms with E-state index in [4.69, 9.17) is 10.8 Å². The fourth-order valence-electron chi connectivity index (χ4n) is 1.13. The van der Waals surface area contributed by atoms with Gasteiger partial charge in [0.05, 0.1) is 15.6 Å². The number of phenolic OH excluding ortho intramolecular Hbond substituents is 1. The molecule has 16 heavy (non-hydrogen) atoms. The molecule has 1 aromatic rings. The summed E-state index contributed by atoms with van der Waals surface area (Å²) >= 11 is 9.90. The third-order valence-electron chi connectivity index (χ3n) is 1.94. The lowest BCUT2D eigenvalue weighted by Crippen LogP contribution is -2.27. The van der Waals surface area contributed by atoms with Crippen molar-refractivity contribution in [2.24, 2.45) is 5.73 Å². The summed E-state index contributed by atoms with van der Waals surface area (Å²) in [4.78, 5) is 0. The summed E-state index contributed by atoms with van der Waals surface area (Å²) < 4.78 is 2.03. The number of hydrogen-bond donors (Lipinski definition) is 3. The minimum absolute atomic E-state index is 0. The first kappa shape index (κ1) is 16.7. The highest BCUT2D eigenvalue weighted by Gasteiger charge is 2.15. The number of hydrogen-bond acceptors (Lipinski definition) is 3. The van der Waals surface area contributed by atoms with Gasteiger partial charge >= 0.3 is 0 Å². The average Bonchev–Trinajstić information content (AvgIpc) is 2.21. The summed E-state index contributed by atoms with van der Waals surface area (Å²) in [6.45, 7) is -0.0876. The van der Waals surface area contributed by atoms with Crippen LogP contribution < -0.4 is 5.73 Å². The van der Waals surface area contributed by atoms with E-state index in [9.17, 15) is 5.11 Å². The van der Waals surface area contributed by atoms with E-state index in [1.807, 2.05) is 0 Å². The first-order valence-electron chi connectivity index (χ1n) is 4.19. The van der Waals surface area contributed by atoms with Gasteiger partial charge in [-0.2, -0.15) is 0 Å². The predicted octanol–water partition coefficient (Wildman–Crippen LogP) is 2.96. The van der Waals surface area contributed by atoms with E-state index in [0.29, 0.717) is 15.4 Å². The van der Waals surface area contributed by atoms with Gasteiger partial charge in [-0.25, -0.2) is 0 Å². The van der Waals surface area contributed by atoms with E-state index in [1.54, 1.807) is 6.07 Å². The molecule has 0 bridgehead atoms. The number of aromatic hydroxyl groups is 1. The van der Waals surface area contributed by atoms with Gasteiger partial charge in [0.1, 0.15) is 5.75 Å². The maximum atomic E-state index is 9.68. The standard InChI is InChI=1S/C9H10Br3NO2.ClH/c10-6-2-7(11)9(15)8(12)5(6)1-4(13)3-14;/h2,4,14-15H,1,3,13H2;1H. The molecular weight excluding hydrogens is 429 g/mol. The number of rotatable bonds is 3. The van der Waals surface area contributed by atoms with Crippen LogP contribution in [0.15, 0.2) is 19.5 Å². The first-order chi connectivity index (χ1) is 6.97.